The molecule has 0 saturated heterocycles. The lowest BCUT2D eigenvalue weighted by Crippen LogP contribution is -2.20. The number of nitrogens with zero attached hydrogens (tertiary/aromatic N) is 6. The number of aromatic nitrogens is 5. The fourth-order valence-electron chi connectivity index (χ4n) is 2.54. The second kappa shape index (κ2) is 5.64. The van der Waals surface area contributed by atoms with Crippen molar-refractivity contribution in [3.05, 3.63) is 47.7 Å². The molecule has 0 saturated carbocycles. The molecule has 0 bridgehead atoms. The lowest BCUT2D eigenvalue weighted by molar-refractivity contribution is -0.146. The molecular weight excluding hydrogens is 356 g/mol. The second-order valence-electron chi connectivity index (χ2n) is 5.61. The minimum atomic E-state index is -4.67. The molecule has 134 valence electrons. The van der Waals surface area contributed by atoms with E-state index in [0.29, 0.717) is 15.6 Å². The van der Waals surface area contributed by atoms with Gasteiger partial charge in [0.25, 0.3) is 5.82 Å². The van der Waals surface area contributed by atoms with Crippen LogP contribution >= 0.6 is 0 Å². The van der Waals surface area contributed by atoms with Crippen molar-refractivity contribution >= 4 is 22.4 Å². The summed E-state index contributed by atoms with van der Waals surface area (Å²) in [6, 6.07) is 6.93. The van der Waals surface area contributed by atoms with Gasteiger partial charge < -0.3 is 9.42 Å². The van der Waals surface area contributed by atoms with Gasteiger partial charge in [-0.15, -0.1) is 15.3 Å². The molecule has 11 heteroatoms. The zero-order valence-electron chi connectivity index (χ0n) is 13.2. The number of anilines is 1. The van der Waals surface area contributed by atoms with Crippen LogP contribution in [0.3, 0.4) is 0 Å². The van der Waals surface area contributed by atoms with Crippen molar-refractivity contribution in [3.63, 3.8) is 0 Å². The highest BCUT2D eigenvalue weighted by Crippen LogP contribution is 2.28. The maximum atomic E-state index is 13.2. The van der Waals surface area contributed by atoms with Crippen molar-refractivity contribution in [1.29, 1.82) is 0 Å². The summed E-state index contributed by atoms with van der Waals surface area (Å²) in [6.07, 6.45) is -4.67. The van der Waals surface area contributed by atoms with Gasteiger partial charge in [0.1, 0.15) is 17.3 Å². The quantitative estimate of drug-likeness (QED) is 0.519. The molecular formula is C15H10F4N6O. The van der Waals surface area contributed by atoms with E-state index in [9.17, 15) is 17.6 Å². The van der Waals surface area contributed by atoms with Crippen LogP contribution in [-0.2, 0) is 12.7 Å². The van der Waals surface area contributed by atoms with Gasteiger partial charge >= 0.3 is 6.18 Å². The summed E-state index contributed by atoms with van der Waals surface area (Å²) in [4.78, 5) is 1.58. The van der Waals surface area contributed by atoms with Crippen LogP contribution in [0.15, 0.2) is 34.9 Å². The van der Waals surface area contributed by atoms with Crippen molar-refractivity contribution in [3.8, 4) is 0 Å². The number of halogens is 4. The van der Waals surface area contributed by atoms with Gasteiger partial charge in [-0.25, -0.2) is 4.39 Å². The third-order valence-electron chi connectivity index (χ3n) is 3.79. The highest BCUT2D eigenvalue weighted by atomic mass is 19.4. The van der Waals surface area contributed by atoms with E-state index in [1.54, 1.807) is 11.9 Å². The predicted octanol–water partition coefficient (Wildman–Crippen LogP) is 3.06. The summed E-state index contributed by atoms with van der Waals surface area (Å²) in [5, 5.41) is 15.1. The SMILES string of the molecule is CN(Cc1noc2cc(F)ccc12)c1ccc2nnc(C(F)(F)F)n2n1. The summed E-state index contributed by atoms with van der Waals surface area (Å²) in [5.74, 6) is -1.40. The minimum Gasteiger partial charge on any atom is -0.356 e. The van der Waals surface area contributed by atoms with Gasteiger partial charge in [-0.3, -0.25) is 0 Å². The number of fused-ring (bicyclic) bond motifs is 2. The van der Waals surface area contributed by atoms with Crippen LogP contribution < -0.4 is 4.90 Å². The van der Waals surface area contributed by atoms with Crippen LogP contribution in [0.2, 0.25) is 0 Å². The molecule has 0 unspecified atom stereocenters. The van der Waals surface area contributed by atoms with E-state index in [0.717, 1.165) is 0 Å². The summed E-state index contributed by atoms with van der Waals surface area (Å²) in [5.41, 5.74) is 0.774. The molecule has 0 spiro atoms. The van der Waals surface area contributed by atoms with Crippen molar-refractivity contribution in [2.24, 2.45) is 0 Å². The van der Waals surface area contributed by atoms with Gasteiger partial charge in [0.15, 0.2) is 11.2 Å². The molecule has 0 aliphatic carbocycles. The molecule has 0 fully saturated rings. The standard InChI is InChI=1S/C15H10F4N6O/c1-24(7-10-9-3-2-8(16)6-11(9)26-23-10)13-5-4-12-20-21-14(15(17,18)19)25(12)22-13/h2-6H,7H2,1H3. The first-order chi connectivity index (χ1) is 12.3. The smallest absolute Gasteiger partial charge is 0.356 e. The van der Waals surface area contributed by atoms with Gasteiger partial charge in [0.2, 0.25) is 0 Å². The Morgan fingerprint density at radius 3 is 2.73 bits per heavy atom. The van der Waals surface area contributed by atoms with E-state index in [-0.39, 0.29) is 23.6 Å². The van der Waals surface area contributed by atoms with Crippen LogP contribution in [0.5, 0.6) is 0 Å². The number of rotatable bonds is 3. The topological polar surface area (TPSA) is 72.4 Å². The van der Waals surface area contributed by atoms with E-state index in [1.165, 1.54) is 30.3 Å². The summed E-state index contributed by atoms with van der Waals surface area (Å²) >= 11 is 0. The Morgan fingerprint density at radius 1 is 1.15 bits per heavy atom. The Bertz CT molecular complexity index is 1100. The van der Waals surface area contributed by atoms with Gasteiger partial charge in [0.05, 0.1) is 6.54 Å². The van der Waals surface area contributed by atoms with Crippen molar-refractivity contribution < 1.29 is 22.1 Å². The third kappa shape index (κ3) is 2.70. The monoisotopic (exact) mass is 366 g/mol. The Hall–Kier alpha value is -3.24. The molecule has 0 atom stereocenters. The first kappa shape index (κ1) is 16.2. The van der Waals surface area contributed by atoms with Crippen molar-refractivity contribution in [2.45, 2.75) is 12.7 Å². The molecule has 4 aromatic rings. The van der Waals surface area contributed by atoms with Crippen molar-refractivity contribution in [1.82, 2.24) is 25.0 Å². The molecule has 0 amide bonds. The summed E-state index contributed by atoms with van der Waals surface area (Å²) in [6.45, 7) is 0.195. The van der Waals surface area contributed by atoms with E-state index < -0.39 is 17.8 Å². The average molecular weight is 366 g/mol. The molecule has 0 aliphatic heterocycles. The molecule has 0 radical (unpaired) electrons. The molecule has 0 N–H and O–H groups in total. The Balaban J connectivity index is 1.68. The lowest BCUT2D eigenvalue weighted by atomic mass is 10.2. The van der Waals surface area contributed by atoms with E-state index in [4.69, 9.17) is 4.52 Å². The third-order valence-corrected chi connectivity index (χ3v) is 3.79. The summed E-state index contributed by atoms with van der Waals surface area (Å²) < 4.78 is 57.8. The van der Waals surface area contributed by atoms with Gasteiger partial charge in [-0.1, -0.05) is 5.16 Å². The predicted molar refractivity (Wildman–Crippen MR) is 81.9 cm³/mol. The normalized spacial score (nSPS) is 12.2. The molecule has 3 aromatic heterocycles. The van der Waals surface area contributed by atoms with Crippen LogP contribution in [-0.4, -0.2) is 32.0 Å². The van der Waals surface area contributed by atoms with Gasteiger partial charge in [-0.05, 0) is 24.3 Å². The summed E-state index contributed by atoms with van der Waals surface area (Å²) in [7, 11) is 1.63. The lowest BCUT2D eigenvalue weighted by Gasteiger charge is -2.16. The first-order valence-electron chi connectivity index (χ1n) is 7.37. The van der Waals surface area contributed by atoms with Crippen LogP contribution in [0.1, 0.15) is 11.5 Å². The Kier molecular flexibility index (Phi) is 3.53. The largest absolute Gasteiger partial charge is 0.453 e. The second-order valence-corrected chi connectivity index (χ2v) is 5.61. The highest BCUT2D eigenvalue weighted by Gasteiger charge is 2.37. The number of hydrogen-bond donors (Lipinski definition) is 0. The molecule has 0 aliphatic rings. The molecule has 1 aromatic carbocycles. The van der Waals surface area contributed by atoms with E-state index in [2.05, 4.69) is 20.5 Å². The first-order valence-corrected chi connectivity index (χ1v) is 7.37. The minimum absolute atomic E-state index is 0.0168. The maximum absolute atomic E-state index is 13.2. The zero-order chi connectivity index (χ0) is 18.5. The number of hydrogen-bond acceptors (Lipinski definition) is 6. The molecule has 26 heavy (non-hydrogen) atoms. The maximum Gasteiger partial charge on any atom is 0.453 e. The van der Waals surface area contributed by atoms with Crippen LogP contribution in [0.4, 0.5) is 23.4 Å². The molecule has 3 heterocycles. The average Bonchev–Trinajstić information content (AvgIpc) is 3.17. The molecule has 7 nitrogen and oxygen atoms in total. The zero-order valence-corrected chi connectivity index (χ0v) is 13.2. The highest BCUT2D eigenvalue weighted by molar-refractivity contribution is 5.79. The van der Waals surface area contributed by atoms with Crippen LogP contribution in [0, 0.1) is 5.82 Å². The number of alkyl halides is 3. The fraction of sp³-hybridized carbons (Fsp3) is 0.200. The van der Waals surface area contributed by atoms with Gasteiger partial charge in [-0.2, -0.15) is 17.7 Å². The Labute approximate surface area is 142 Å². The number of benzene rings is 1. The fourth-order valence-corrected chi connectivity index (χ4v) is 2.54. The van der Waals surface area contributed by atoms with E-state index >= 15 is 0 Å². The van der Waals surface area contributed by atoms with Crippen molar-refractivity contribution in [2.75, 3.05) is 11.9 Å². The molecule has 4 rings (SSSR count). The Morgan fingerprint density at radius 2 is 1.96 bits per heavy atom. The van der Waals surface area contributed by atoms with Crippen LogP contribution in [0.25, 0.3) is 16.6 Å². The van der Waals surface area contributed by atoms with E-state index in [1.807, 2.05) is 0 Å². The van der Waals surface area contributed by atoms with Gasteiger partial charge in [0, 0.05) is 18.5 Å².